The van der Waals surface area contributed by atoms with E-state index in [2.05, 4.69) is 27.7 Å². The van der Waals surface area contributed by atoms with Crippen LogP contribution in [0.5, 0.6) is 5.75 Å². The molecule has 1 aromatic carbocycles. The number of furan rings is 1. The highest BCUT2D eigenvalue weighted by molar-refractivity contribution is 5.67. The second-order valence-electron chi connectivity index (χ2n) is 7.62. The zero-order valence-corrected chi connectivity index (χ0v) is 15.0. The number of fused-ring (bicyclic) bond motifs is 1. The number of hydrogen-bond donors (Lipinski definition) is 0. The lowest BCUT2D eigenvalue weighted by atomic mass is 9.86. The van der Waals surface area contributed by atoms with Crippen LogP contribution in [0.3, 0.4) is 0 Å². The second-order valence-corrected chi connectivity index (χ2v) is 7.62. The Morgan fingerprint density at radius 2 is 2.15 bits per heavy atom. The standard InChI is InChI=1S/C21H23N3O2/c1-25-19-5-3-2-4-17(19)18-11-22-20-10-21(15-24(18)20)7-8-23(14-21)12-16-6-9-26-13-16/h2-6,9,11,13H,7-8,10,12,14-15H2,1H3/t21-/m1/s1. The molecule has 0 saturated carbocycles. The molecule has 2 aliphatic heterocycles. The van der Waals surface area contributed by atoms with Gasteiger partial charge in [-0.1, -0.05) is 12.1 Å². The quantitative estimate of drug-likeness (QED) is 0.722. The van der Waals surface area contributed by atoms with Crippen molar-refractivity contribution in [1.29, 1.82) is 0 Å². The monoisotopic (exact) mass is 349 g/mol. The number of likely N-dealkylation sites (tertiary alicyclic amines) is 1. The number of para-hydroxylation sites is 1. The molecule has 0 unspecified atom stereocenters. The molecule has 2 aromatic heterocycles. The zero-order valence-electron chi connectivity index (χ0n) is 15.0. The van der Waals surface area contributed by atoms with E-state index in [0.29, 0.717) is 5.41 Å². The summed E-state index contributed by atoms with van der Waals surface area (Å²) in [6.45, 7) is 4.27. The van der Waals surface area contributed by atoms with Crippen LogP contribution in [-0.4, -0.2) is 34.7 Å². The Morgan fingerprint density at radius 1 is 1.23 bits per heavy atom. The van der Waals surface area contributed by atoms with E-state index >= 15 is 0 Å². The average Bonchev–Trinajstić information content (AvgIpc) is 3.42. The maximum atomic E-state index is 5.56. The maximum Gasteiger partial charge on any atom is 0.128 e. The van der Waals surface area contributed by atoms with E-state index in [1.165, 1.54) is 23.5 Å². The number of methoxy groups -OCH3 is 1. The Kier molecular flexibility index (Phi) is 3.64. The van der Waals surface area contributed by atoms with Crippen LogP contribution in [0.1, 0.15) is 17.8 Å². The third-order valence-electron chi connectivity index (χ3n) is 5.85. The van der Waals surface area contributed by atoms with Crippen LogP contribution in [0.15, 0.2) is 53.5 Å². The first-order valence-electron chi connectivity index (χ1n) is 9.18. The highest BCUT2D eigenvalue weighted by Gasteiger charge is 2.44. The van der Waals surface area contributed by atoms with Gasteiger partial charge in [-0.2, -0.15) is 0 Å². The molecule has 1 atom stereocenters. The van der Waals surface area contributed by atoms with Gasteiger partial charge >= 0.3 is 0 Å². The van der Waals surface area contributed by atoms with Gasteiger partial charge in [0.05, 0.1) is 31.5 Å². The van der Waals surface area contributed by atoms with Crippen LogP contribution in [0.25, 0.3) is 11.3 Å². The molecule has 1 spiro atoms. The van der Waals surface area contributed by atoms with Crippen molar-refractivity contribution < 1.29 is 9.15 Å². The molecule has 0 radical (unpaired) electrons. The molecule has 3 aromatic rings. The van der Waals surface area contributed by atoms with Gasteiger partial charge in [-0.05, 0) is 31.2 Å². The minimum atomic E-state index is 0.310. The number of aromatic nitrogens is 2. The summed E-state index contributed by atoms with van der Waals surface area (Å²) < 4.78 is 13.2. The SMILES string of the molecule is COc1ccccc1-c1cnc2n1C[C@]1(CCN(Cc3ccoc3)C1)C2. The largest absolute Gasteiger partial charge is 0.496 e. The predicted octanol–water partition coefficient (Wildman–Crippen LogP) is 3.60. The normalized spacial score (nSPS) is 22.2. The minimum Gasteiger partial charge on any atom is -0.496 e. The Labute approximate surface area is 153 Å². The number of nitrogens with zero attached hydrogens (tertiary/aromatic N) is 3. The number of ether oxygens (including phenoxy) is 1. The molecule has 5 heteroatoms. The Balaban J connectivity index is 1.38. The molecule has 1 fully saturated rings. The molecule has 5 nitrogen and oxygen atoms in total. The van der Waals surface area contributed by atoms with Gasteiger partial charge in [-0.15, -0.1) is 0 Å². The van der Waals surface area contributed by atoms with Gasteiger partial charge in [-0.3, -0.25) is 4.90 Å². The summed E-state index contributed by atoms with van der Waals surface area (Å²) in [5.74, 6) is 2.11. The summed E-state index contributed by atoms with van der Waals surface area (Å²) >= 11 is 0. The first-order chi connectivity index (χ1) is 12.8. The van der Waals surface area contributed by atoms with Gasteiger partial charge in [0.2, 0.25) is 0 Å². The number of benzene rings is 1. The van der Waals surface area contributed by atoms with Crippen molar-refractivity contribution in [2.75, 3.05) is 20.2 Å². The van der Waals surface area contributed by atoms with Gasteiger partial charge in [0.25, 0.3) is 0 Å². The molecule has 2 aliphatic rings. The predicted molar refractivity (Wildman–Crippen MR) is 99.0 cm³/mol. The van der Waals surface area contributed by atoms with E-state index in [1.54, 1.807) is 13.4 Å². The van der Waals surface area contributed by atoms with E-state index in [-0.39, 0.29) is 0 Å². The molecule has 5 rings (SSSR count). The van der Waals surface area contributed by atoms with Crippen LogP contribution in [0, 0.1) is 5.41 Å². The smallest absolute Gasteiger partial charge is 0.128 e. The van der Waals surface area contributed by atoms with Gasteiger partial charge in [0, 0.05) is 42.6 Å². The first-order valence-corrected chi connectivity index (χ1v) is 9.18. The van der Waals surface area contributed by atoms with Gasteiger partial charge in [0.15, 0.2) is 0 Å². The van der Waals surface area contributed by atoms with Crippen molar-refractivity contribution >= 4 is 0 Å². The van der Waals surface area contributed by atoms with Crippen molar-refractivity contribution in [2.24, 2.45) is 5.41 Å². The molecule has 1 saturated heterocycles. The lowest BCUT2D eigenvalue weighted by Crippen LogP contribution is -2.28. The second kappa shape index (κ2) is 6.02. The van der Waals surface area contributed by atoms with E-state index in [9.17, 15) is 0 Å². The molecular weight excluding hydrogens is 326 g/mol. The van der Waals surface area contributed by atoms with Crippen molar-refractivity contribution in [2.45, 2.75) is 25.9 Å². The van der Waals surface area contributed by atoms with Crippen LogP contribution in [0.2, 0.25) is 0 Å². The molecular formula is C21H23N3O2. The fourth-order valence-electron chi connectivity index (χ4n) is 4.61. The Morgan fingerprint density at radius 3 is 3.00 bits per heavy atom. The van der Waals surface area contributed by atoms with Crippen molar-refractivity contribution in [3.63, 3.8) is 0 Å². The van der Waals surface area contributed by atoms with E-state index in [1.807, 2.05) is 24.6 Å². The maximum absolute atomic E-state index is 5.56. The summed E-state index contributed by atoms with van der Waals surface area (Å²) in [6, 6.07) is 10.3. The summed E-state index contributed by atoms with van der Waals surface area (Å²) in [4.78, 5) is 7.28. The third-order valence-corrected chi connectivity index (χ3v) is 5.85. The number of imidazole rings is 1. The number of hydrogen-bond acceptors (Lipinski definition) is 4. The van der Waals surface area contributed by atoms with Crippen LogP contribution >= 0.6 is 0 Å². The van der Waals surface area contributed by atoms with E-state index < -0.39 is 0 Å². The molecule has 0 amide bonds. The average molecular weight is 349 g/mol. The van der Waals surface area contributed by atoms with Crippen molar-refractivity contribution in [1.82, 2.24) is 14.5 Å². The van der Waals surface area contributed by atoms with Crippen LogP contribution < -0.4 is 4.74 Å². The topological polar surface area (TPSA) is 43.4 Å². The number of rotatable bonds is 4. The summed E-state index contributed by atoms with van der Waals surface area (Å²) in [6.07, 6.45) is 7.89. The lowest BCUT2D eigenvalue weighted by Gasteiger charge is -2.23. The first kappa shape index (κ1) is 15.7. The molecule has 134 valence electrons. The van der Waals surface area contributed by atoms with Crippen molar-refractivity contribution in [3.05, 3.63) is 60.4 Å². The van der Waals surface area contributed by atoms with Crippen molar-refractivity contribution in [3.8, 4) is 17.0 Å². The third kappa shape index (κ3) is 2.54. The summed E-state index contributed by atoms with van der Waals surface area (Å²) in [5.41, 5.74) is 3.86. The zero-order chi connectivity index (χ0) is 17.6. The molecule has 26 heavy (non-hydrogen) atoms. The summed E-state index contributed by atoms with van der Waals surface area (Å²) in [5, 5.41) is 0. The minimum absolute atomic E-state index is 0.310. The molecule has 0 N–H and O–H groups in total. The van der Waals surface area contributed by atoms with E-state index in [4.69, 9.17) is 14.1 Å². The van der Waals surface area contributed by atoms with Crippen LogP contribution in [0.4, 0.5) is 0 Å². The highest BCUT2D eigenvalue weighted by atomic mass is 16.5. The lowest BCUT2D eigenvalue weighted by molar-refractivity contribution is 0.247. The molecule has 4 heterocycles. The Bertz CT molecular complexity index is 915. The fourth-order valence-corrected chi connectivity index (χ4v) is 4.61. The van der Waals surface area contributed by atoms with Crippen LogP contribution in [-0.2, 0) is 19.5 Å². The van der Waals surface area contributed by atoms with Gasteiger partial charge in [0.1, 0.15) is 11.6 Å². The van der Waals surface area contributed by atoms with E-state index in [0.717, 1.165) is 43.9 Å². The molecule has 0 aliphatic carbocycles. The summed E-state index contributed by atoms with van der Waals surface area (Å²) in [7, 11) is 1.73. The van der Waals surface area contributed by atoms with Gasteiger partial charge < -0.3 is 13.7 Å². The van der Waals surface area contributed by atoms with Gasteiger partial charge in [-0.25, -0.2) is 4.98 Å². The molecule has 0 bridgehead atoms. The highest BCUT2D eigenvalue weighted by Crippen LogP contribution is 2.43. The fraction of sp³-hybridized carbons (Fsp3) is 0.381. The Hall–Kier alpha value is -2.53.